The lowest BCUT2D eigenvalue weighted by Gasteiger charge is -2.38. The molecule has 0 aliphatic carbocycles. The van der Waals surface area contributed by atoms with E-state index in [-0.39, 0.29) is 23.6 Å². The lowest BCUT2D eigenvalue weighted by molar-refractivity contribution is -0.143. The molecule has 3 heterocycles. The third kappa shape index (κ3) is 6.41. The summed E-state index contributed by atoms with van der Waals surface area (Å²) in [5.74, 6) is -1.11. The molecule has 0 saturated carbocycles. The SMILES string of the molecule is CC(NC(=O)c1cc(C(F)(F)F)cc(C(F)(F)F)c1)c1ncnn1-c1ccc(C(=O)N2CCOC(C)(C)C2)cn1. The summed E-state index contributed by atoms with van der Waals surface area (Å²) in [6.45, 7) is 6.40. The Morgan fingerprint density at radius 3 is 2.20 bits per heavy atom. The van der Waals surface area contributed by atoms with Crippen LogP contribution in [0.5, 0.6) is 0 Å². The number of benzene rings is 1. The summed E-state index contributed by atoms with van der Waals surface area (Å²) in [5.41, 5.74) is -4.22. The lowest BCUT2D eigenvalue weighted by atomic mass is 10.0. The second-order valence-electron chi connectivity index (χ2n) is 9.76. The fourth-order valence-electron chi connectivity index (χ4n) is 4.16. The molecule has 40 heavy (non-hydrogen) atoms. The van der Waals surface area contributed by atoms with Gasteiger partial charge in [-0.05, 0) is 51.1 Å². The third-order valence-electron chi connectivity index (χ3n) is 6.08. The van der Waals surface area contributed by atoms with Crippen LogP contribution in [0.15, 0.2) is 42.9 Å². The molecule has 0 bridgehead atoms. The number of rotatable bonds is 5. The molecule has 4 rings (SSSR count). The summed E-state index contributed by atoms with van der Waals surface area (Å²) in [7, 11) is 0. The first-order valence-corrected chi connectivity index (χ1v) is 11.9. The van der Waals surface area contributed by atoms with E-state index in [4.69, 9.17) is 4.74 Å². The molecule has 0 radical (unpaired) electrons. The van der Waals surface area contributed by atoms with E-state index in [1.807, 2.05) is 13.8 Å². The van der Waals surface area contributed by atoms with Crippen LogP contribution < -0.4 is 5.32 Å². The number of nitrogens with one attached hydrogen (secondary N) is 1. The number of nitrogens with zero attached hydrogens (tertiary/aromatic N) is 5. The fraction of sp³-hybridized carbons (Fsp3) is 0.400. The molecule has 1 atom stereocenters. The maximum Gasteiger partial charge on any atom is 0.416 e. The lowest BCUT2D eigenvalue weighted by Crippen LogP contribution is -2.50. The normalized spacial score (nSPS) is 16.5. The molecule has 9 nitrogen and oxygen atoms in total. The predicted octanol–water partition coefficient (Wildman–Crippen LogP) is 4.44. The largest absolute Gasteiger partial charge is 0.416 e. The van der Waals surface area contributed by atoms with E-state index in [0.717, 1.165) is 6.33 Å². The van der Waals surface area contributed by atoms with Crippen LogP contribution in [0.2, 0.25) is 0 Å². The summed E-state index contributed by atoms with van der Waals surface area (Å²) < 4.78 is 86.0. The summed E-state index contributed by atoms with van der Waals surface area (Å²) in [6, 6.07) is 2.65. The number of aromatic nitrogens is 4. The highest BCUT2D eigenvalue weighted by atomic mass is 19.4. The van der Waals surface area contributed by atoms with Gasteiger partial charge in [0, 0.05) is 24.8 Å². The first-order valence-electron chi connectivity index (χ1n) is 11.9. The minimum atomic E-state index is -5.10. The van der Waals surface area contributed by atoms with E-state index < -0.39 is 46.6 Å². The average Bonchev–Trinajstić information content (AvgIpc) is 3.37. The van der Waals surface area contributed by atoms with Crippen LogP contribution in [-0.2, 0) is 17.1 Å². The Morgan fingerprint density at radius 2 is 1.65 bits per heavy atom. The van der Waals surface area contributed by atoms with Crippen LogP contribution in [0.3, 0.4) is 0 Å². The molecule has 1 aromatic carbocycles. The quantitative estimate of drug-likeness (QED) is 0.455. The van der Waals surface area contributed by atoms with Crippen molar-refractivity contribution in [1.29, 1.82) is 0 Å². The molecule has 1 fully saturated rings. The van der Waals surface area contributed by atoms with E-state index in [0.29, 0.717) is 37.4 Å². The molecule has 1 saturated heterocycles. The van der Waals surface area contributed by atoms with Crippen molar-refractivity contribution in [2.24, 2.45) is 0 Å². The van der Waals surface area contributed by atoms with Gasteiger partial charge in [0.25, 0.3) is 11.8 Å². The molecule has 0 spiro atoms. The van der Waals surface area contributed by atoms with Crippen molar-refractivity contribution in [2.75, 3.05) is 19.7 Å². The number of halogens is 6. The van der Waals surface area contributed by atoms with Gasteiger partial charge in [0.15, 0.2) is 11.6 Å². The van der Waals surface area contributed by atoms with Gasteiger partial charge in [-0.3, -0.25) is 9.59 Å². The Balaban J connectivity index is 1.53. The Morgan fingerprint density at radius 1 is 1.00 bits per heavy atom. The minimum absolute atomic E-state index is 0.0587. The zero-order chi connectivity index (χ0) is 29.5. The van der Waals surface area contributed by atoms with Crippen molar-refractivity contribution >= 4 is 11.8 Å². The average molecular weight is 570 g/mol. The summed E-state index contributed by atoms with van der Waals surface area (Å²) in [5, 5.41) is 6.40. The number of carbonyl (C=O) groups is 2. The van der Waals surface area contributed by atoms with Gasteiger partial charge in [0.05, 0.1) is 34.9 Å². The van der Waals surface area contributed by atoms with E-state index in [2.05, 4.69) is 20.4 Å². The number of pyridine rings is 1. The van der Waals surface area contributed by atoms with Crippen LogP contribution >= 0.6 is 0 Å². The van der Waals surface area contributed by atoms with E-state index in [9.17, 15) is 35.9 Å². The minimum Gasteiger partial charge on any atom is -0.372 e. The molecule has 1 N–H and O–H groups in total. The van der Waals surface area contributed by atoms with Gasteiger partial charge in [-0.2, -0.15) is 36.1 Å². The molecule has 15 heteroatoms. The molecule has 214 valence electrons. The van der Waals surface area contributed by atoms with Crippen LogP contribution in [0, 0.1) is 0 Å². The number of hydrogen-bond acceptors (Lipinski definition) is 6. The third-order valence-corrected chi connectivity index (χ3v) is 6.08. The van der Waals surface area contributed by atoms with Crippen LogP contribution in [-0.4, -0.2) is 61.8 Å². The van der Waals surface area contributed by atoms with Crippen molar-refractivity contribution < 1.29 is 40.7 Å². The zero-order valence-electron chi connectivity index (χ0n) is 21.5. The number of amides is 2. The number of carbonyl (C=O) groups excluding carboxylic acids is 2. The molecule has 1 aliphatic heterocycles. The van der Waals surface area contributed by atoms with Crippen LogP contribution in [0.25, 0.3) is 5.82 Å². The van der Waals surface area contributed by atoms with E-state index in [1.54, 1.807) is 4.90 Å². The second-order valence-corrected chi connectivity index (χ2v) is 9.76. The Bertz CT molecular complexity index is 1370. The number of morpholine rings is 1. The van der Waals surface area contributed by atoms with Gasteiger partial charge >= 0.3 is 12.4 Å². The molecular weight excluding hydrogens is 546 g/mol. The zero-order valence-corrected chi connectivity index (χ0v) is 21.5. The molecule has 2 amide bonds. The Kier molecular flexibility index (Phi) is 7.62. The Hall–Kier alpha value is -4.01. The summed E-state index contributed by atoms with van der Waals surface area (Å²) >= 11 is 0. The number of alkyl halides is 6. The number of ether oxygens (including phenoxy) is 1. The molecule has 2 aromatic heterocycles. The van der Waals surface area contributed by atoms with Gasteiger partial charge in [0.2, 0.25) is 0 Å². The van der Waals surface area contributed by atoms with Crippen molar-refractivity contribution in [3.8, 4) is 5.82 Å². The van der Waals surface area contributed by atoms with Gasteiger partial charge < -0.3 is 15.0 Å². The second kappa shape index (κ2) is 10.5. The maximum atomic E-state index is 13.2. The highest BCUT2D eigenvalue weighted by Gasteiger charge is 2.38. The predicted molar refractivity (Wildman–Crippen MR) is 127 cm³/mol. The van der Waals surface area contributed by atoms with Crippen molar-refractivity contribution in [1.82, 2.24) is 30.0 Å². The molecular formula is C25H24F6N6O3. The molecule has 1 unspecified atom stereocenters. The van der Waals surface area contributed by atoms with Crippen LogP contribution in [0.1, 0.15) is 64.5 Å². The van der Waals surface area contributed by atoms with E-state index >= 15 is 0 Å². The van der Waals surface area contributed by atoms with Gasteiger partial charge in [-0.1, -0.05) is 0 Å². The van der Waals surface area contributed by atoms with Crippen molar-refractivity contribution in [2.45, 2.75) is 44.8 Å². The van der Waals surface area contributed by atoms with Crippen LogP contribution in [0.4, 0.5) is 26.3 Å². The highest BCUT2D eigenvalue weighted by molar-refractivity contribution is 5.95. The molecule has 1 aliphatic rings. The Labute approximate surface area is 224 Å². The monoisotopic (exact) mass is 570 g/mol. The van der Waals surface area contributed by atoms with Crippen molar-refractivity contribution in [3.63, 3.8) is 0 Å². The molecule has 3 aromatic rings. The fourth-order valence-corrected chi connectivity index (χ4v) is 4.16. The summed E-state index contributed by atoms with van der Waals surface area (Å²) in [6.07, 6.45) is -7.71. The maximum absolute atomic E-state index is 13.2. The standard InChI is InChI=1S/C25H24F6N6O3/c1-14(35-21(38)16-8-17(24(26,27)28)10-18(9-16)25(29,30)31)20-33-13-34-37(20)19-5-4-15(11-32-19)22(39)36-6-7-40-23(2,3)12-36/h4-5,8-11,13-14H,6-7,12H2,1-3H3,(H,35,38). The highest BCUT2D eigenvalue weighted by Crippen LogP contribution is 2.36. The van der Waals surface area contributed by atoms with Gasteiger partial charge in [0.1, 0.15) is 6.33 Å². The first kappa shape index (κ1) is 29.0. The topological polar surface area (TPSA) is 102 Å². The van der Waals surface area contributed by atoms with Crippen molar-refractivity contribution in [3.05, 3.63) is 70.9 Å². The first-order chi connectivity index (χ1) is 18.5. The smallest absolute Gasteiger partial charge is 0.372 e. The van der Waals surface area contributed by atoms with Gasteiger partial charge in [-0.25, -0.2) is 9.97 Å². The summed E-state index contributed by atoms with van der Waals surface area (Å²) in [4.78, 5) is 35.5. The number of hydrogen-bond donors (Lipinski definition) is 1. The van der Waals surface area contributed by atoms with E-state index in [1.165, 1.54) is 29.9 Å². The van der Waals surface area contributed by atoms with Gasteiger partial charge in [-0.15, -0.1) is 0 Å².